The minimum absolute atomic E-state index is 0.244. The Morgan fingerprint density at radius 2 is 2.14 bits per heavy atom. The van der Waals surface area contributed by atoms with Crippen molar-refractivity contribution in [1.82, 2.24) is 4.90 Å². The Balaban J connectivity index is 2.10. The minimum Gasteiger partial charge on any atom is -0.398 e. The van der Waals surface area contributed by atoms with E-state index in [1.165, 1.54) is 0 Å². The van der Waals surface area contributed by atoms with Gasteiger partial charge in [0.1, 0.15) is 0 Å². The first-order valence-electron chi connectivity index (χ1n) is 4.88. The van der Waals surface area contributed by atoms with E-state index in [2.05, 4.69) is 0 Å². The van der Waals surface area contributed by atoms with E-state index in [1.54, 1.807) is 0 Å². The summed E-state index contributed by atoms with van der Waals surface area (Å²) in [7, 11) is 0. The highest BCUT2D eigenvalue weighted by atomic mass is 16.2. The van der Waals surface area contributed by atoms with Gasteiger partial charge in [-0.25, -0.2) is 0 Å². The fourth-order valence-corrected chi connectivity index (χ4v) is 1.76. The van der Waals surface area contributed by atoms with Gasteiger partial charge in [0.2, 0.25) is 5.91 Å². The van der Waals surface area contributed by atoms with E-state index in [-0.39, 0.29) is 5.91 Å². The zero-order valence-corrected chi connectivity index (χ0v) is 8.07. The van der Waals surface area contributed by atoms with E-state index in [4.69, 9.17) is 5.73 Å². The number of hydrogen-bond acceptors (Lipinski definition) is 2. The number of amides is 1. The quantitative estimate of drug-likeness (QED) is 0.716. The smallest absolute Gasteiger partial charge is 0.222 e. The predicted octanol–water partition coefficient (Wildman–Crippen LogP) is 1.39. The molecule has 3 nitrogen and oxygen atoms in total. The van der Waals surface area contributed by atoms with Crippen molar-refractivity contribution in [3.63, 3.8) is 0 Å². The fourth-order valence-electron chi connectivity index (χ4n) is 1.76. The van der Waals surface area contributed by atoms with Gasteiger partial charge in [0.15, 0.2) is 0 Å². The molecule has 1 fully saturated rings. The van der Waals surface area contributed by atoms with Gasteiger partial charge < -0.3 is 10.6 Å². The van der Waals surface area contributed by atoms with Gasteiger partial charge in [0.25, 0.3) is 0 Å². The molecule has 1 saturated heterocycles. The van der Waals surface area contributed by atoms with Crippen molar-refractivity contribution in [3.8, 4) is 0 Å². The van der Waals surface area contributed by atoms with Crippen LogP contribution >= 0.6 is 0 Å². The molecule has 1 amide bonds. The lowest BCUT2D eigenvalue weighted by molar-refractivity contribution is -0.128. The molecule has 2 rings (SSSR count). The Labute approximate surface area is 83.5 Å². The van der Waals surface area contributed by atoms with Gasteiger partial charge >= 0.3 is 0 Å². The molecule has 0 radical (unpaired) electrons. The minimum atomic E-state index is 0.244. The zero-order valence-electron chi connectivity index (χ0n) is 8.07. The van der Waals surface area contributed by atoms with Gasteiger partial charge in [0.05, 0.1) is 0 Å². The molecule has 0 aliphatic carbocycles. The van der Waals surface area contributed by atoms with Crippen LogP contribution in [0.1, 0.15) is 18.4 Å². The third-order valence-electron chi connectivity index (χ3n) is 2.59. The third-order valence-corrected chi connectivity index (χ3v) is 2.59. The van der Waals surface area contributed by atoms with Gasteiger partial charge in [-0.2, -0.15) is 0 Å². The number of nitrogens with zero attached hydrogens (tertiary/aromatic N) is 1. The summed E-state index contributed by atoms with van der Waals surface area (Å²) in [5.41, 5.74) is 7.62. The summed E-state index contributed by atoms with van der Waals surface area (Å²) < 4.78 is 0. The second-order valence-corrected chi connectivity index (χ2v) is 3.62. The number of para-hydroxylation sites is 1. The van der Waals surface area contributed by atoms with Crippen LogP contribution in [0.15, 0.2) is 24.3 Å². The number of nitrogen functional groups attached to an aromatic ring is 1. The largest absolute Gasteiger partial charge is 0.398 e. The van der Waals surface area contributed by atoms with E-state index >= 15 is 0 Å². The number of benzene rings is 1. The number of rotatable bonds is 2. The third kappa shape index (κ3) is 1.71. The summed E-state index contributed by atoms with van der Waals surface area (Å²) in [5.74, 6) is 0.244. The lowest BCUT2D eigenvalue weighted by Crippen LogP contribution is -2.24. The maximum Gasteiger partial charge on any atom is 0.222 e. The van der Waals surface area contributed by atoms with Crippen LogP contribution in [-0.2, 0) is 11.3 Å². The average Bonchev–Trinajstić information content (AvgIpc) is 2.56. The molecule has 0 aromatic heterocycles. The van der Waals surface area contributed by atoms with Gasteiger partial charge in [0, 0.05) is 25.2 Å². The van der Waals surface area contributed by atoms with Crippen LogP contribution in [0.5, 0.6) is 0 Å². The molecule has 0 spiro atoms. The summed E-state index contributed by atoms with van der Waals surface area (Å²) >= 11 is 0. The Morgan fingerprint density at radius 1 is 1.36 bits per heavy atom. The first kappa shape index (κ1) is 9.06. The van der Waals surface area contributed by atoms with E-state index < -0.39 is 0 Å². The molecule has 2 N–H and O–H groups in total. The lowest BCUT2D eigenvalue weighted by Gasteiger charge is -2.16. The van der Waals surface area contributed by atoms with Crippen molar-refractivity contribution in [2.75, 3.05) is 12.3 Å². The number of carbonyl (C=O) groups is 1. The Bertz CT molecular complexity index is 349. The molecule has 0 bridgehead atoms. The molecule has 74 valence electrons. The number of likely N-dealkylation sites (tertiary alicyclic amines) is 1. The van der Waals surface area contributed by atoms with Crippen LogP contribution in [0.25, 0.3) is 0 Å². The number of hydrogen-bond donors (Lipinski definition) is 1. The highest BCUT2D eigenvalue weighted by Gasteiger charge is 2.20. The molecule has 1 aliphatic heterocycles. The van der Waals surface area contributed by atoms with Gasteiger partial charge in [-0.15, -0.1) is 0 Å². The normalized spacial score (nSPS) is 16.3. The van der Waals surface area contributed by atoms with Crippen molar-refractivity contribution < 1.29 is 4.79 Å². The van der Waals surface area contributed by atoms with Gasteiger partial charge in [-0.05, 0) is 18.1 Å². The van der Waals surface area contributed by atoms with E-state index in [1.807, 2.05) is 29.2 Å². The van der Waals surface area contributed by atoms with Crippen molar-refractivity contribution in [3.05, 3.63) is 29.8 Å². The number of nitrogens with two attached hydrogens (primary N) is 1. The van der Waals surface area contributed by atoms with Crippen molar-refractivity contribution in [1.29, 1.82) is 0 Å². The molecule has 0 atom stereocenters. The van der Waals surface area contributed by atoms with Crippen LogP contribution in [-0.4, -0.2) is 17.4 Å². The van der Waals surface area contributed by atoms with Crippen LogP contribution in [0.3, 0.4) is 0 Å². The molecule has 1 aliphatic rings. The fraction of sp³-hybridized carbons (Fsp3) is 0.364. The standard InChI is InChI=1S/C11H14N2O/c12-10-5-2-1-4-9(10)8-13-7-3-6-11(13)14/h1-2,4-5H,3,6-8,12H2. The topological polar surface area (TPSA) is 46.3 Å². The Morgan fingerprint density at radius 3 is 2.79 bits per heavy atom. The average molecular weight is 190 g/mol. The molecule has 0 saturated carbocycles. The maximum absolute atomic E-state index is 11.4. The molecule has 3 heteroatoms. The summed E-state index contributed by atoms with van der Waals surface area (Å²) in [6.45, 7) is 1.53. The molecule has 1 heterocycles. The van der Waals surface area contributed by atoms with Crippen LogP contribution in [0.4, 0.5) is 5.69 Å². The van der Waals surface area contributed by atoms with E-state index in [0.29, 0.717) is 13.0 Å². The van der Waals surface area contributed by atoms with Crippen molar-refractivity contribution >= 4 is 11.6 Å². The summed E-state index contributed by atoms with van der Waals surface area (Å²) in [6.07, 6.45) is 1.66. The summed E-state index contributed by atoms with van der Waals surface area (Å²) in [6, 6.07) is 7.70. The van der Waals surface area contributed by atoms with Crippen LogP contribution < -0.4 is 5.73 Å². The monoisotopic (exact) mass is 190 g/mol. The van der Waals surface area contributed by atoms with Crippen molar-refractivity contribution in [2.24, 2.45) is 0 Å². The summed E-state index contributed by atoms with van der Waals surface area (Å²) in [4.78, 5) is 13.2. The molecular weight excluding hydrogens is 176 g/mol. The zero-order chi connectivity index (χ0) is 9.97. The highest BCUT2D eigenvalue weighted by molar-refractivity contribution is 5.78. The van der Waals surface area contributed by atoms with Gasteiger partial charge in [-0.1, -0.05) is 18.2 Å². The van der Waals surface area contributed by atoms with Gasteiger partial charge in [-0.3, -0.25) is 4.79 Å². The van der Waals surface area contributed by atoms with E-state index in [0.717, 1.165) is 24.2 Å². The molecule has 0 unspecified atom stereocenters. The van der Waals surface area contributed by atoms with Crippen LogP contribution in [0.2, 0.25) is 0 Å². The summed E-state index contributed by atoms with van der Waals surface area (Å²) in [5, 5.41) is 0. The molecule has 1 aromatic carbocycles. The predicted molar refractivity (Wildman–Crippen MR) is 55.5 cm³/mol. The Hall–Kier alpha value is -1.51. The first-order valence-corrected chi connectivity index (χ1v) is 4.88. The first-order chi connectivity index (χ1) is 6.77. The SMILES string of the molecule is Nc1ccccc1CN1CCCC1=O. The molecular formula is C11H14N2O. The van der Waals surface area contributed by atoms with Crippen molar-refractivity contribution in [2.45, 2.75) is 19.4 Å². The van der Waals surface area contributed by atoms with Crippen LogP contribution in [0, 0.1) is 0 Å². The highest BCUT2D eigenvalue weighted by Crippen LogP contribution is 2.17. The van der Waals surface area contributed by atoms with E-state index in [9.17, 15) is 4.79 Å². The number of carbonyl (C=O) groups excluding carboxylic acids is 1. The lowest BCUT2D eigenvalue weighted by atomic mass is 10.2. The molecule has 1 aromatic rings. The Kier molecular flexibility index (Phi) is 2.39. The molecule has 14 heavy (non-hydrogen) atoms. The second kappa shape index (κ2) is 3.70. The maximum atomic E-state index is 11.4. The second-order valence-electron chi connectivity index (χ2n) is 3.62. The number of anilines is 1.